The molecule has 0 aliphatic heterocycles. The number of aliphatic hydroxyl groups excluding tert-OH is 1. The van der Waals surface area contributed by atoms with E-state index in [0.717, 1.165) is 0 Å². The average Bonchev–Trinajstić information content (AvgIpc) is 1.98. The van der Waals surface area contributed by atoms with Crippen LogP contribution in [0.1, 0.15) is 0 Å². The fraction of sp³-hybridized carbons (Fsp3) is 0.500. The molecule has 0 heterocycles. The summed E-state index contributed by atoms with van der Waals surface area (Å²) in [7, 11) is 0. The molecule has 10 heavy (non-hydrogen) atoms. The van der Waals surface area contributed by atoms with Crippen molar-refractivity contribution < 1.29 is 9.94 Å². The Kier molecular flexibility index (Phi) is 5.71. The lowest BCUT2D eigenvalue weighted by Crippen LogP contribution is -2.24. The summed E-state index contributed by atoms with van der Waals surface area (Å²) in [6, 6.07) is 0. The topological polar surface area (TPSA) is 67.8 Å². The number of hydrogen-bond acceptors (Lipinski definition) is 4. The molecule has 0 fully saturated rings. The minimum atomic E-state index is -0.637. The highest BCUT2D eigenvalue weighted by Crippen LogP contribution is 1.81. The molecule has 0 bridgehead atoms. The second-order valence-corrected chi connectivity index (χ2v) is 1.68. The molecule has 0 radical (unpaired) electrons. The minimum Gasteiger partial charge on any atom is -0.393 e. The molecule has 0 amide bonds. The number of nitrogens with two attached hydrogens (primary N) is 1. The van der Waals surface area contributed by atoms with Gasteiger partial charge in [-0.2, -0.15) is 0 Å². The van der Waals surface area contributed by atoms with Crippen LogP contribution in [0, 0.1) is 0 Å². The molecule has 0 aromatic carbocycles. The van der Waals surface area contributed by atoms with E-state index >= 15 is 0 Å². The molecule has 58 valence electrons. The second kappa shape index (κ2) is 6.25. The van der Waals surface area contributed by atoms with Crippen molar-refractivity contribution in [1.29, 1.82) is 0 Å². The number of rotatable bonds is 5. The predicted molar refractivity (Wildman–Crippen MR) is 39.7 cm³/mol. The quantitative estimate of drug-likeness (QED) is 0.403. The van der Waals surface area contributed by atoms with Crippen molar-refractivity contribution in [1.82, 2.24) is 0 Å². The highest BCUT2D eigenvalue weighted by atomic mass is 16.6. The van der Waals surface area contributed by atoms with E-state index in [-0.39, 0.29) is 13.2 Å². The molecule has 0 aromatic rings. The molecule has 1 unspecified atom stereocenters. The average molecular weight is 144 g/mol. The van der Waals surface area contributed by atoms with Gasteiger partial charge in [-0.3, -0.25) is 0 Å². The lowest BCUT2D eigenvalue weighted by atomic mass is 10.4. The maximum Gasteiger partial charge on any atom is 0.144 e. The van der Waals surface area contributed by atoms with Crippen LogP contribution < -0.4 is 5.73 Å². The Hall–Kier alpha value is -0.870. The van der Waals surface area contributed by atoms with Crippen LogP contribution in [-0.2, 0) is 4.84 Å². The van der Waals surface area contributed by atoms with E-state index in [9.17, 15) is 0 Å². The van der Waals surface area contributed by atoms with Crippen LogP contribution in [0.5, 0.6) is 0 Å². The first-order valence-electron chi connectivity index (χ1n) is 2.95. The van der Waals surface area contributed by atoms with Crippen LogP contribution in [0.2, 0.25) is 0 Å². The Morgan fingerprint density at radius 2 is 2.50 bits per heavy atom. The van der Waals surface area contributed by atoms with Crippen molar-refractivity contribution in [2.45, 2.75) is 6.10 Å². The molecule has 0 spiro atoms. The molecule has 0 rings (SSSR count). The normalized spacial score (nSPS) is 13.4. The summed E-state index contributed by atoms with van der Waals surface area (Å²) in [4.78, 5) is 4.59. The Morgan fingerprint density at radius 1 is 1.80 bits per heavy atom. The largest absolute Gasteiger partial charge is 0.393 e. The van der Waals surface area contributed by atoms with Gasteiger partial charge in [-0.25, -0.2) is 0 Å². The molecular formula is C6H12N2O2. The number of allylic oxidation sites excluding steroid dienone is 1. The minimum absolute atomic E-state index is 0.126. The third-order valence-corrected chi connectivity index (χ3v) is 0.780. The van der Waals surface area contributed by atoms with Gasteiger partial charge >= 0.3 is 0 Å². The lowest BCUT2D eigenvalue weighted by molar-refractivity contribution is 0.0457. The van der Waals surface area contributed by atoms with Crippen molar-refractivity contribution in [3.63, 3.8) is 0 Å². The van der Waals surface area contributed by atoms with Crippen molar-refractivity contribution in [3.8, 4) is 0 Å². The van der Waals surface area contributed by atoms with E-state index in [1.807, 2.05) is 0 Å². The van der Waals surface area contributed by atoms with E-state index < -0.39 is 6.10 Å². The third kappa shape index (κ3) is 5.27. The molecule has 3 N–H and O–H groups in total. The molecular weight excluding hydrogens is 132 g/mol. The van der Waals surface area contributed by atoms with Crippen LogP contribution in [0.3, 0.4) is 0 Å². The summed E-state index contributed by atoms with van der Waals surface area (Å²) < 4.78 is 0. The molecule has 0 aliphatic carbocycles. The van der Waals surface area contributed by atoms with Crippen LogP contribution in [0.25, 0.3) is 0 Å². The summed E-state index contributed by atoms with van der Waals surface area (Å²) in [5.41, 5.74) is 5.08. The highest BCUT2D eigenvalue weighted by molar-refractivity contribution is 5.69. The van der Waals surface area contributed by atoms with Gasteiger partial charge in [0, 0.05) is 6.54 Å². The zero-order valence-corrected chi connectivity index (χ0v) is 5.73. The van der Waals surface area contributed by atoms with Crippen molar-refractivity contribution in [2.24, 2.45) is 10.9 Å². The second-order valence-electron chi connectivity index (χ2n) is 1.68. The monoisotopic (exact) mass is 144 g/mol. The molecule has 0 aromatic heterocycles. The zero-order chi connectivity index (χ0) is 7.82. The Morgan fingerprint density at radius 3 is 3.00 bits per heavy atom. The Balaban J connectivity index is 3.18. The van der Waals surface area contributed by atoms with Gasteiger partial charge in [0.05, 0.1) is 6.21 Å². The maximum atomic E-state index is 8.81. The SMILES string of the molecule is C=CC=NOCC(O)CN. The molecule has 1 atom stereocenters. The zero-order valence-electron chi connectivity index (χ0n) is 5.73. The van der Waals surface area contributed by atoms with Gasteiger partial charge in [0.15, 0.2) is 0 Å². The number of aliphatic hydroxyl groups is 1. The van der Waals surface area contributed by atoms with Gasteiger partial charge < -0.3 is 15.7 Å². The van der Waals surface area contributed by atoms with E-state index in [1.54, 1.807) is 0 Å². The van der Waals surface area contributed by atoms with E-state index in [1.165, 1.54) is 12.3 Å². The van der Waals surface area contributed by atoms with Gasteiger partial charge in [-0.05, 0) is 6.08 Å². The van der Waals surface area contributed by atoms with Gasteiger partial charge in [0.2, 0.25) is 0 Å². The van der Waals surface area contributed by atoms with E-state index in [0.29, 0.717) is 0 Å². The Bertz CT molecular complexity index is 114. The first kappa shape index (κ1) is 9.13. The van der Waals surface area contributed by atoms with Crippen LogP contribution >= 0.6 is 0 Å². The molecule has 0 saturated heterocycles. The smallest absolute Gasteiger partial charge is 0.144 e. The maximum absolute atomic E-state index is 8.81. The standard InChI is InChI=1S/C6H12N2O2/c1-2-3-8-10-5-6(9)4-7/h2-3,6,9H,1,4-5,7H2. The van der Waals surface area contributed by atoms with Crippen LogP contribution in [0.15, 0.2) is 17.8 Å². The van der Waals surface area contributed by atoms with Gasteiger partial charge in [0.25, 0.3) is 0 Å². The summed E-state index contributed by atoms with van der Waals surface area (Å²) in [6.45, 7) is 3.69. The summed E-state index contributed by atoms with van der Waals surface area (Å²) in [5.74, 6) is 0. The van der Waals surface area contributed by atoms with Gasteiger partial charge in [0.1, 0.15) is 12.7 Å². The van der Waals surface area contributed by atoms with E-state index in [4.69, 9.17) is 10.8 Å². The van der Waals surface area contributed by atoms with Crippen molar-refractivity contribution in [3.05, 3.63) is 12.7 Å². The highest BCUT2D eigenvalue weighted by Gasteiger charge is 1.98. The summed E-state index contributed by atoms with van der Waals surface area (Å²) in [5, 5.41) is 12.2. The fourth-order valence-corrected chi connectivity index (χ4v) is 0.283. The molecule has 4 nitrogen and oxygen atoms in total. The number of oxime groups is 1. The first-order chi connectivity index (χ1) is 4.81. The molecule has 4 heteroatoms. The summed E-state index contributed by atoms with van der Waals surface area (Å²) in [6.07, 6.45) is 2.24. The lowest BCUT2D eigenvalue weighted by Gasteiger charge is -2.03. The molecule has 0 saturated carbocycles. The number of hydrogen-bond donors (Lipinski definition) is 2. The third-order valence-electron chi connectivity index (χ3n) is 0.780. The molecule has 0 aliphatic rings. The van der Waals surface area contributed by atoms with Crippen molar-refractivity contribution in [2.75, 3.05) is 13.2 Å². The van der Waals surface area contributed by atoms with Gasteiger partial charge in [-0.1, -0.05) is 11.7 Å². The summed E-state index contributed by atoms with van der Waals surface area (Å²) >= 11 is 0. The van der Waals surface area contributed by atoms with E-state index in [2.05, 4.69) is 16.6 Å². The van der Waals surface area contributed by atoms with Crippen LogP contribution in [0.4, 0.5) is 0 Å². The first-order valence-corrected chi connectivity index (χ1v) is 2.95. The Labute approximate surface area is 60.0 Å². The van der Waals surface area contributed by atoms with Crippen LogP contribution in [-0.4, -0.2) is 30.6 Å². The predicted octanol–water partition coefficient (Wildman–Crippen LogP) is -0.506. The van der Waals surface area contributed by atoms with Crippen molar-refractivity contribution >= 4 is 6.21 Å². The number of nitrogens with zero attached hydrogens (tertiary/aromatic N) is 1. The van der Waals surface area contributed by atoms with Gasteiger partial charge in [-0.15, -0.1) is 0 Å². The fourth-order valence-electron chi connectivity index (χ4n) is 0.283.